The van der Waals surface area contributed by atoms with E-state index < -0.39 is 5.97 Å². The van der Waals surface area contributed by atoms with E-state index in [9.17, 15) is 4.79 Å². The summed E-state index contributed by atoms with van der Waals surface area (Å²) in [6.45, 7) is 1.84. The monoisotopic (exact) mass is 235 g/mol. The van der Waals surface area contributed by atoms with Crippen molar-refractivity contribution in [1.29, 1.82) is 0 Å². The van der Waals surface area contributed by atoms with E-state index >= 15 is 0 Å². The van der Waals surface area contributed by atoms with Crippen molar-refractivity contribution in [1.82, 2.24) is 4.98 Å². The zero-order chi connectivity index (χ0) is 11.7. The molecular weight excluding hydrogens is 226 g/mol. The number of benzene rings is 1. The average molecular weight is 236 g/mol. The van der Waals surface area contributed by atoms with Gasteiger partial charge >= 0.3 is 5.97 Å². The number of hydrogen-bond donors (Lipinski definition) is 1. The molecule has 1 N–H and O–H groups in total. The summed E-state index contributed by atoms with van der Waals surface area (Å²) in [5, 5.41) is 10.2. The third-order valence-corrected chi connectivity index (χ3v) is 2.66. The fraction of sp³-hybridized carbons (Fsp3) is 0.167. The Morgan fingerprint density at radius 1 is 1.50 bits per heavy atom. The highest BCUT2D eigenvalue weighted by atomic mass is 35.5. The van der Waals surface area contributed by atoms with Crippen molar-refractivity contribution in [2.75, 3.05) is 0 Å². The molecule has 0 bridgehead atoms. The second kappa shape index (κ2) is 4.10. The van der Waals surface area contributed by atoms with Gasteiger partial charge in [0.2, 0.25) is 0 Å². The number of halogens is 1. The summed E-state index contributed by atoms with van der Waals surface area (Å²) < 4.78 is 0. The fourth-order valence-corrected chi connectivity index (χ4v) is 2.00. The number of carboxylic acids is 1. The number of para-hydroxylation sites is 1. The number of carboxylic acid groups (broad SMARTS) is 1. The molecule has 0 aliphatic rings. The van der Waals surface area contributed by atoms with E-state index in [1.807, 2.05) is 13.0 Å². The van der Waals surface area contributed by atoms with Gasteiger partial charge in [-0.25, -0.2) is 0 Å². The van der Waals surface area contributed by atoms with Crippen LogP contribution in [0.5, 0.6) is 0 Å². The van der Waals surface area contributed by atoms with E-state index in [0.29, 0.717) is 16.1 Å². The minimum Gasteiger partial charge on any atom is -0.481 e. The van der Waals surface area contributed by atoms with E-state index in [1.54, 1.807) is 18.2 Å². The molecule has 82 valence electrons. The molecule has 16 heavy (non-hydrogen) atoms. The van der Waals surface area contributed by atoms with Crippen molar-refractivity contribution in [3.63, 3.8) is 0 Å². The molecule has 0 atom stereocenters. The van der Waals surface area contributed by atoms with Crippen molar-refractivity contribution >= 4 is 28.5 Å². The van der Waals surface area contributed by atoms with Gasteiger partial charge in [0.25, 0.3) is 0 Å². The molecule has 1 heterocycles. The molecule has 0 saturated heterocycles. The number of nitrogens with zero attached hydrogens (tertiary/aromatic N) is 1. The van der Waals surface area contributed by atoms with E-state index in [2.05, 4.69) is 4.98 Å². The molecule has 0 aliphatic heterocycles. The van der Waals surface area contributed by atoms with Crippen LogP contribution in [0.3, 0.4) is 0 Å². The highest BCUT2D eigenvalue weighted by molar-refractivity contribution is 6.35. The van der Waals surface area contributed by atoms with Gasteiger partial charge in [0.15, 0.2) is 0 Å². The number of carbonyl (C=O) groups is 1. The number of fused-ring (bicyclic) bond motifs is 1. The van der Waals surface area contributed by atoms with Gasteiger partial charge in [-0.05, 0) is 18.6 Å². The van der Waals surface area contributed by atoms with E-state index in [0.717, 1.165) is 11.1 Å². The summed E-state index contributed by atoms with van der Waals surface area (Å²) in [7, 11) is 0. The summed E-state index contributed by atoms with van der Waals surface area (Å²) in [4.78, 5) is 15.1. The largest absolute Gasteiger partial charge is 0.481 e. The number of aliphatic carboxylic acids is 1. The summed E-state index contributed by atoms with van der Waals surface area (Å²) in [5.41, 5.74) is 2.15. The number of aromatic nitrogens is 1. The number of aryl methyl sites for hydroxylation is 1. The molecule has 1 aromatic carbocycles. The molecule has 0 fully saturated rings. The van der Waals surface area contributed by atoms with Crippen LogP contribution in [-0.4, -0.2) is 16.1 Å². The molecule has 3 nitrogen and oxygen atoms in total. The van der Waals surface area contributed by atoms with Gasteiger partial charge in [-0.15, -0.1) is 0 Å². The Balaban J connectivity index is 2.71. The van der Waals surface area contributed by atoms with Crippen molar-refractivity contribution < 1.29 is 9.90 Å². The maximum atomic E-state index is 10.7. The van der Waals surface area contributed by atoms with Gasteiger partial charge in [-0.1, -0.05) is 29.8 Å². The molecule has 0 unspecified atom stereocenters. The third kappa shape index (κ3) is 1.99. The fourth-order valence-electron chi connectivity index (χ4n) is 1.69. The highest BCUT2D eigenvalue weighted by Gasteiger charge is 2.09. The standard InChI is InChI=1S/C12H10ClNO2/c1-7-5-10(13)9-4-2-3-8(6-11(15)16)12(9)14-7/h2-5H,6H2,1H3,(H,15,16). The zero-order valence-electron chi connectivity index (χ0n) is 8.70. The normalized spacial score (nSPS) is 10.6. The Labute approximate surface area is 97.7 Å². The molecular formula is C12H10ClNO2. The van der Waals surface area contributed by atoms with Crippen molar-refractivity contribution in [3.8, 4) is 0 Å². The predicted octanol–water partition coefficient (Wildman–Crippen LogP) is 2.82. The topological polar surface area (TPSA) is 50.2 Å². The van der Waals surface area contributed by atoms with Crippen LogP contribution in [0.2, 0.25) is 5.02 Å². The van der Waals surface area contributed by atoms with Crippen LogP contribution < -0.4 is 0 Å². The van der Waals surface area contributed by atoms with Crippen LogP contribution in [0, 0.1) is 6.92 Å². The Bertz CT molecular complexity index is 566. The second-order valence-corrected chi connectivity index (χ2v) is 4.04. The SMILES string of the molecule is Cc1cc(Cl)c2cccc(CC(=O)O)c2n1. The Hall–Kier alpha value is -1.61. The summed E-state index contributed by atoms with van der Waals surface area (Å²) in [6.07, 6.45) is -0.0376. The smallest absolute Gasteiger partial charge is 0.307 e. The van der Waals surface area contributed by atoms with Gasteiger partial charge in [0.05, 0.1) is 17.0 Å². The first-order valence-corrected chi connectivity index (χ1v) is 5.22. The molecule has 0 saturated carbocycles. The first-order valence-electron chi connectivity index (χ1n) is 4.84. The van der Waals surface area contributed by atoms with Crippen LogP contribution in [0.25, 0.3) is 10.9 Å². The molecule has 0 amide bonds. The number of rotatable bonds is 2. The lowest BCUT2D eigenvalue weighted by Crippen LogP contribution is -2.01. The van der Waals surface area contributed by atoms with Crippen LogP contribution in [0.1, 0.15) is 11.3 Å². The quantitative estimate of drug-likeness (QED) is 0.871. The molecule has 2 aromatic rings. The Morgan fingerprint density at radius 3 is 2.94 bits per heavy atom. The summed E-state index contributed by atoms with van der Waals surface area (Å²) in [5.74, 6) is -0.869. The minimum atomic E-state index is -0.869. The second-order valence-electron chi connectivity index (χ2n) is 3.63. The lowest BCUT2D eigenvalue weighted by Gasteiger charge is -2.06. The lowest BCUT2D eigenvalue weighted by molar-refractivity contribution is -0.136. The van der Waals surface area contributed by atoms with Crippen molar-refractivity contribution in [2.45, 2.75) is 13.3 Å². The minimum absolute atomic E-state index is 0.0376. The van der Waals surface area contributed by atoms with E-state index in [1.165, 1.54) is 0 Å². The maximum Gasteiger partial charge on any atom is 0.307 e. The van der Waals surface area contributed by atoms with Gasteiger partial charge in [0, 0.05) is 11.1 Å². The molecule has 0 radical (unpaired) electrons. The first kappa shape index (κ1) is 10.9. The number of pyridine rings is 1. The molecule has 4 heteroatoms. The van der Waals surface area contributed by atoms with Crippen molar-refractivity contribution in [3.05, 3.63) is 40.5 Å². The van der Waals surface area contributed by atoms with Gasteiger partial charge < -0.3 is 5.11 Å². The molecule has 1 aromatic heterocycles. The summed E-state index contributed by atoms with van der Waals surface area (Å²) in [6, 6.07) is 7.17. The van der Waals surface area contributed by atoms with Gasteiger partial charge in [-0.3, -0.25) is 9.78 Å². The molecule has 2 rings (SSSR count). The Morgan fingerprint density at radius 2 is 2.25 bits per heavy atom. The van der Waals surface area contributed by atoms with Crippen LogP contribution >= 0.6 is 11.6 Å². The van der Waals surface area contributed by atoms with Crippen LogP contribution in [-0.2, 0) is 11.2 Å². The predicted molar refractivity (Wildman–Crippen MR) is 62.8 cm³/mol. The Kier molecular flexibility index (Phi) is 2.79. The number of hydrogen-bond acceptors (Lipinski definition) is 2. The molecule has 0 aliphatic carbocycles. The average Bonchev–Trinajstić information content (AvgIpc) is 2.18. The highest BCUT2D eigenvalue weighted by Crippen LogP contribution is 2.25. The first-order chi connectivity index (χ1) is 7.58. The van der Waals surface area contributed by atoms with Gasteiger partial charge in [0.1, 0.15) is 0 Å². The van der Waals surface area contributed by atoms with Crippen LogP contribution in [0.15, 0.2) is 24.3 Å². The third-order valence-electron chi connectivity index (χ3n) is 2.34. The van der Waals surface area contributed by atoms with Crippen molar-refractivity contribution in [2.24, 2.45) is 0 Å². The van der Waals surface area contributed by atoms with E-state index in [4.69, 9.17) is 16.7 Å². The summed E-state index contributed by atoms with van der Waals surface area (Å²) >= 11 is 6.08. The molecule has 0 spiro atoms. The maximum absolute atomic E-state index is 10.7. The van der Waals surface area contributed by atoms with E-state index in [-0.39, 0.29) is 6.42 Å². The van der Waals surface area contributed by atoms with Gasteiger partial charge in [-0.2, -0.15) is 0 Å². The zero-order valence-corrected chi connectivity index (χ0v) is 9.45. The van der Waals surface area contributed by atoms with Crippen LogP contribution in [0.4, 0.5) is 0 Å². The lowest BCUT2D eigenvalue weighted by atomic mass is 10.1.